The summed E-state index contributed by atoms with van der Waals surface area (Å²) in [4.78, 5) is 25.7. The van der Waals surface area contributed by atoms with Crippen molar-refractivity contribution in [2.24, 2.45) is 5.92 Å². The second-order valence-electron chi connectivity index (χ2n) is 14.4. The van der Waals surface area contributed by atoms with Crippen LogP contribution >= 0.6 is 0 Å². The number of nitriles is 1. The number of amides is 1. The number of nitrogens with zero attached hydrogens (tertiary/aromatic N) is 5. The Bertz CT molecular complexity index is 1870. The predicted molar refractivity (Wildman–Crippen MR) is 188 cm³/mol. The summed E-state index contributed by atoms with van der Waals surface area (Å²) < 4.78 is 34.3. The van der Waals surface area contributed by atoms with E-state index >= 15 is 0 Å². The van der Waals surface area contributed by atoms with Gasteiger partial charge in [-0.2, -0.15) is 5.26 Å². The summed E-state index contributed by atoms with van der Waals surface area (Å²) in [6, 6.07) is 17.8. The molecule has 0 aliphatic carbocycles. The molecule has 264 valence electrons. The van der Waals surface area contributed by atoms with Crippen LogP contribution in [-0.2, 0) is 29.2 Å². The Morgan fingerprint density at radius 3 is 2.72 bits per heavy atom. The van der Waals surface area contributed by atoms with Gasteiger partial charge in [-0.1, -0.05) is 26.0 Å². The van der Waals surface area contributed by atoms with E-state index < -0.39 is 11.4 Å². The molecule has 50 heavy (non-hydrogen) atoms. The van der Waals surface area contributed by atoms with E-state index in [4.69, 9.17) is 29.4 Å². The summed E-state index contributed by atoms with van der Waals surface area (Å²) in [6.45, 7) is 14.5. The number of ether oxygens (including phenoxy) is 3. The average Bonchev–Trinajstić information content (AvgIpc) is 3.62. The number of aromatic nitrogens is 3. The monoisotopic (exact) mass is 682 g/mol. The number of hydrogen-bond donors (Lipinski definition) is 1. The van der Waals surface area contributed by atoms with Crippen LogP contribution in [0.4, 0.5) is 4.39 Å². The zero-order chi connectivity index (χ0) is 35.4. The van der Waals surface area contributed by atoms with Crippen LogP contribution in [-0.4, -0.2) is 69.4 Å². The van der Waals surface area contributed by atoms with Gasteiger partial charge in [0.15, 0.2) is 0 Å². The van der Waals surface area contributed by atoms with Crippen molar-refractivity contribution in [2.75, 3.05) is 26.3 Å². The lowest BCUT2D eigenvalue weighted by Gasteiger charge is -2.28. The standard InChI is InChI=1S/C39H47FN6O4/c1-6-26(3)50-24-39(4,5)44-38(47)28-12-13-34-35(17-28)46(20-30-14-15-48-30)36(42-34)22-45-19-25(2)31(21-45)33-8-7-9-37(43-33)49-23-29-11-10-27(18-41)16-32(29)40/h7-13,16-17,25-26,30-31H,6,14-15,19-24H2,1-5H3,(H,44,47). The van der Waals surface area contributed by atoms with Crippen LogP contribution in [0.15, 0.2) is 54.6 Å². The maximum Gasteiger partial charge on any atom is 0.251 e. The molecule has 0 spiro atoms. The molecule has 2 saturated heterocycles. The Morgan fingerprint density at radius 2 is 2.00 bits per heavy atom. The molecule has 0 bridgehead atoms. The van der Waals surface area contributed by atoms with E-state index in [0.717, 1.165) is 55.1 Å². The highest BCUT2D eigenvalue weighted by atomic mass is 19.1. The van der Waals surface area contributed by atoms with Crippen LogP contribution in [0.25, 0.3) is 11.0 Å². The van der Waals surface area contributed by atoms with Gasteiger partial charge in [0.1, 0.15) is 18.2 Å². The molecule has 4 heterocycles. The first-order chi connectivity index (χ1) is 24.0. The number of benzene rings is 2. The molecule has 2 aliphatic rings. The van der Waals surface area contributed by atoms with E-state index in [1.165, 1.54) is 6.07 Å². The van der Waals surface area contributed by atoms with Crippen molar-refractivity contribution in [3.05, 3.63) is 88.6 Å². The first-order valence-corrected chi connectivity index (χ1v) is 17.6. The molecule has 10 nitrogen and oxygen atoms in total. The SMILES string of the molecule is CCC(C)OCC(C)(C)NC(=O)c1ccc2nc(CN3CC(C)C(c4cccc(OCc5ccc(C#N)cc5F)n4)C3)n(CC3CCO3)c2c1. The summed E-state index contributed by atoms with van der Waals surface area (Å²) in [5, 5.41) is 12.2. The van der Waals surface area contributed by atoms with Crippen molar-refractivity contribution in [1.29, 1.82) is 5.26 Å². The number of pyridine rings is 1. The molecule has 2 fully saturated rings. The van der Waals surface area contributed by atoms with Crippen LogP contribution in [0.1, 0.15) is 86.4 Å². The third-order valence-corrected chi connectivity index (χ3v) is 9.76. The Kier molecular flexibility index (Phi) is 10.8. The number of likely N-dealkylation sites (tertiary alicyclic amines) is 1. The molecule has 4 atom stereocenters. The van der Waals surface area contributed by atoms with E-state index in [0.29, 0.717) is 42.6 Å². The zero-order valence-electron chi connectivity index (χ0n) is 29.6. The fourth-order valence-corrected chi connectivity index (χ4v) is 6.54. The van der Waals surface area contributed by atoms with Crippen LogP contribution in [0, 0.1) is 23.1 Å². The van der Waals surface area contributed by atoms with Crippen molar-refractivity contribution in [3.8, 4) is 11.9 Å². The smallest absolute Gasteiger partial charge is 0.251 e. The molecule has 2 aromatic carbocycles. The van der Waals surface area contributed by atoms with Gasteiger partial charge in [0.2, 0.25) is 5.88 Å². The highest BCUT2D eigenvalue weighted by Gasteiger charge is 2.33. The lowest BCUT2D eigenvalue weighted by Crippen LogP contribution is -2.47. The van der Waals surface area contributed by atoms with Crippen molar-refractivity contribution < 1.29 is 23.4 Å². The summed E-state index contributed by atoms with van der Waals surface area (Å²) in [5.41, 5.74) is 3.41. The van der Waals surface area contributed by atoms with E-state index in [1.54, 1.807) is 18.2 Å². The van der Waals surface area contributed by atoms with Crippen molar-refractivity contribution in [1.82, 2.24) is 24.8 Å². The first-order valence-electron chi connectivity index (χ1n) is 17.6. The van der Waals surface area contributed by atoms with Gasteiger partial charge in [0, 0.05) is 48.5 Å². The van der Waals surface area contributed by atoms with Crippen molar-refractivity contribution in [2.45, 2.75) is 90.8 Å². The highest BCUT2D eigenvalue weighted by molar-refractivity contribution is 5.97. The Morgan fingerprint density at radius 1 is 1.18 bits per heavy atom. The number of carbonyl (C=O) groups excluding carboxylic acids is 1. The fraction of sp³-hybridized carbons (Fsp3) is 0.487. The minimum Gasteiger partial charge on any atom is -0.473 e. The summed E-state index contributed by atoms with van der Waals surface area (Å²) >= 11 is 0. The Labute approximate surface area is 293 Å². The van der Waals surface area contributed by atoms with E-state index in [-0.39, 0.29) is 36.2 Å². The Balaban J connectivity index is 1.15. The molecule has 6 rings (SSSR count). The second kappa shape index (κ2) is 15.3. The van der Waals surface area contributed by atoms with Gasteiger partial charge in [0.05, 0.1) is 60.1 Å². The molecule has 11 heteroatoms. The molecule has 2 aromatic heterocycles. The molecule has 4 unspecified atom stereocenters. The number of hydrogen-bond acceptors (Lipinski definition) is 8. The van der Waals surface area contributed by atoms with Crippen molar-refractivity contribution >= 4 is 16.9 Å². The average molecular weight is 683 g/mol. The van der Waals surface area contributed by atoms with Gasteiger partial charge in [-0.25, -0.2) is 14.4 Å². The number of carbonyl (C=O) groups is 1. The third-order valence-electron chi connectivity index (χ3n) is 9.76. The minimum absolute atomic E-state index is 0.0229. The molecule has 0 saturated carbocycles. The number of fused-ring (bicyclic) bond motifs is 1. The predicted octanol–water partition coefficient (Wildman–Crippen LogP) is 6.37. The topological polar surface area (TPSA) is 115 Å². The maximum atomic E-state index is 14.4. The molecule has 4 aromatic rings. The van der Waals surface area contributed by atoms with E-state index in [9.17, 15) is 9.18 Å². The van der Waals surface area contributed by atoms with Gasteiger partial charge >= 0.3 is 0 Å². The second-order valence-corrected chi connectivity index (χ2v) is 14.4. The minimum atomic E-state index is -0.521. The largest absolute Gasteiger partial charge is 0.473 e. The highest BCUT2D eigenvalue weighted by Crippen LogP contribution is 2.34. The number of rotatable bonds is 14. The lowest BCUT2D eigenvalue weighted by molar-refractivity contribution is -0.0591. The Hall–Kier alpha value is -4.37. The molecule has 0 radical (unpaired) electrons. The summed E-state index contributed by atoms with van der Waals surface area (Å²) in [7, 11) is 0. The number of imidazole rings is 1. The quantitative estimate of drug-likeness (QED) is 0.163. The zero-order valence-corrected chi connectivity index (χ0v) is 29.6. The molecule has 1 amide bonds. The summed E-state index contributed by atoms with van der Waals surface area (Å²) in [5.74, 6) is 1.28. The van der Waals surface area contributed by atoms with E-state index in [2.05, 4.69) is 28.6 Å². The third kappa shape index (κ3) is 8.32. The fourth-order valence-electron chi connectivity index (χ4n) is 6.54. The normalized spacial score (nSPS) is 20.0. The van der Waals surface area contributed by atoms with Crippen LogP contribution < -0.4 is 10.1 Å². The van der Waals surface area contributed by atoms with E-state index in [1.807, 2.05) is 57.2 Å². The molecule has 2 aliphatic heterocycles. The van der Waals surface area contributed by atoms with Gasteiger partial charge in [-0.3, -0.25) is 9.69 Å². The lowest BCUT2D eigenvalue weighted by atomic mass is 9.94. The molecular weight excluding hydrogens is 635 g/mol. The van der Waals surface area contributed by atoms with Crippen LogP contribution in [0.2, 0.25) is 0 Å². The van der Waals surface area contributed by atoms with Gasteiger partial charge < -0.3 is 24.1 Å². The van der Waals surface area contributed by atoms with Gasteiger partial charge in [-0.05, 0) is 75.9 Å². The molecule has 1 N–H and O–H groups in total. The van der Waals surface area contributed by atoms with Crippen LogP contribution in [0.5, 0.6) is 5.88 Å². The molecular formula is C39H47FN6O4. The van der Waals surface area contributed by atoms with Crippen LogP contribution in [0.3, 0.4) is 0 Å². The summed E-state index contributed by atoms with van der Waals surface area (Å²) in [6.07, 6.45) is 2.16. The van der Waals surface area contributed by atoms with Crippen molar-refractivity contribution in [3.63, 3.8) is 0 Å². The first kappa shape index (κ1) is 35.5. The maximum absolute atomic E-state index is 14.4. The van der Waals surface area contributed by atoms with Gasteiger partial charge in [-0.15, -0.1) is 0 Å². The number of nitrogens with one attached hydrogen (secondary N) is 1. The number of halogens is 1. The van der Waals surface area contributed by atoms with Gasteiger partial charge in [0.25, 0.3) is 5.91 Å².